The number of nitrogen functional groups attached to an aromatic ring is 1. The molecule has 17 heavy (non-hydrogen) atoms. The average molecular weight is 235 g/mol. The summed E-state index contributed by atoms with van der Waals surface area (Å²) >= 11 is 0. The molecule has 3 heterocycles. The largest absolute Gasteiger partial charge is 0.394 e. The number of hydrogen-bond acceptors (Lipinski definition) is 4. The SMILES string of the molecule is Cn1cc(N)c(N2CCN3CCCCC3C2)n1. The van der Waals surface area contributed by atoms with Crippen LogP contribution in [0.5, 0.6) is 0 Å². The molecule has 0 aromatic carbocycles. The Morgan fingerprint density at radius 1 is 1.29 bits per heavy atom. The fourth-order valence-corrected chi connectivity index (χ4v) is 3.09. The summed E-state index contributed by atoms with van der Waals surface area (Å²) in [5.74, 6) is 0.970. The summed E-state index contributed by atoms with van der Waals surface area (Å²) < 4.78 is 1.80. The normalized spacial score (nSPS) is 25.9. The van der Waals surface area contributed by atoms with Crippen molar-refractivity contribution >= 4 is 11.5 Å². The molecule has 2 N–H and O–H groups in total. The van der Waals surface area contributed by atoms with E-state index in [0.717, 1.165) is 31.1 Å². The van der Waals surface area contributed by atoms with Crippen LogP contribution in [0.1, 0.15) is 19.3 Å². The summed E-state index contributed by atoms with van der Waals surface area (Å²) in [5.41, 5.74) is 6.80. The highest BCUT2D eigenvalue weighted by Crippen LogP contribution is 2.27. The molecular weight excluding hydrogens is 214 g/mol. The minimum absolute atomic E-state index is 0.707. The van der Waals surface area contributed by atoms with Gasteiger partial charge in [-0.05, 0) is 19.4 Å². The Morgan fingerprint density at radius 2 is 2.18 bits per heavy atom. The van der Waals surface area contributed by atoms with Crippen molar-refractivity contribution in [1.29, 1.82) is 0 Å². The fraction of sp³-hybridized carbons (Fsp3) is 0.750. The molecule has 1 aromatic rings. The maximum absolute atomic E-state index is 6.00. The maximum atomic E-state index is 6.00. The highest BCUT2D eigenvalue weighted by molar-refractivity contribution is 5.62. The summed E-state index contributed by atoms with van der Waals surface area (Å²) in [7, 11) is 1.93. The molecule has 1 atom stereocenters. The molecule has 94 valence electrons. The third-order valence-electron chi connectivity index (χ3n) is 3.97. The lowest BCUT2D eigenvalue weighted by atomic mass is 9.99. The third-order valence-corrected chi connectivity index (χ3v) is 3.97. The van der Waals surface area contributed by atoms with Crippen LogP contribution in [0.3, 0.4) is 0 Å². The molecule has 5 heteroatoms. The van der Waals surface area contributed by atoms with Gasteiger partial charge in [-0.2, -0.15) is 5.10 Å². The van der Waals surface area contributed by atoms with E-state index in [4.69, 9.17) is 5.73 Å². The zero-order chi connectivity index (χ0) is 11.8. The van der Waals surface area contributed by atoms with Gasteiger partial charge in [0.1, 0.15) is 0 Å². The van der Waals surface area contributed by atoms with Crippen LogP contribution in [0, 0.1) is 0 Å². The minimum Gasteiger partial charge on any atom is -0.394 e. The van der Waals surface area contributed by atoms with Gasteiger partial charge >= 0.3 is 0 Å². The van der Waals surface area contributed by atoms with Crippen LogP contribution < -0.4 is 10.6 Å². The van der Waals surface area contributed by atoms with E-state index in [1.807, 2.05) is 13.2 Å². The van der Waals surface area contributed by atoms with Crippen LogP contribution in [-0.2, 0) is 7.05 Å². The van der Waals surface area contributed by atoms with Crippen molar-refractivity contribution < 1.29 is 0 Å². The predicted octanol–water partition coefficient (Wildman–Crippen LogP) is 0.677. The number of anilines is 2. The lowest BCUT2D eigenvalue weighted by Crippen LogP contribution is -2.55. The van der Waals surface area contributed by atoms with Crippen molar-refractivity contribution in [3.63, 3.8) is 0 Å². The Hall–Kier alpha value is -1.23. The molecule has 5 nitrogen and oxygen atoms in total. The highest BCUT2D eigenvalue weighted by Gasteiger charge is 2.30. The van der Waals surface area contributed by atoms with Gasteiger partial charge in [-0.25, -0.2) is 0 Å². The standard InChI is InChI=1S/C12H21N5/c1-15-9-11(13)12(14-15)17-7-6-16-5-3-2-4-10(16)8-17/h9-10H,2-8,13H2,1H3. The lowest BCUT2D eigenvalue weighted by Gasteiger charge is -2.44. The van der Waals surface area contributed by atoms with Gasteiger partial charge in [0.05, 0.1) is 5.69 Å². The molecule has 0 aliphatic carbocycles. The second-order valence-corrected chi connectivity index (χ2v) is 5.21. The molecule has 0 spiro atoms. The first-order valence-electron chi connectivity index (χ1n) is 6.52. The van der Waals surface area contributed by atoms with Gasteiger partial charge in [0.2, 0.25) is 0 Å². The van der Waals surface area contributed by atoms with E-state index in [0.29, 0.717) is 6.04 Å². The summed E-state index contributed by atoms with van der Waals surface area (Å²) in [6.07, 6.45) is 5.95. The summed E-state index contributed by atoms with van der Waals surface area (Å²) in [4.78, 5) is 4.97. The predicted molar refractivity (Wildman–Crippen MR) is 69.0 cm³/mol. The number of rotatable bonds is 1. The van der Waals surface area contributed by atoms with E-state index in [9.17, 15) is 0 Å². The quantitative estimate of drug-likeness (QED) is 0.777. The van der Waals surface area contributed by atoms with Crippen LogP contribution in [0.2, 0.25) is 0 Å². The first kappa shape index (κ1) is 10.9. The number of piperazine rings is 1. The van der Waals surface area contributed by atoms with Gasteiger partial charge in [-0.1, -0.05) is 6.42 Å². The number of piperidine rings is 1. The number of nitrogens with two attached hydrogens (primary N) is 1. The van der Waals surface area contributed by atoms with Crippen LogP contribution in [0.4, 0.5) is 11.5 Å². The summed E-state index contributed by atoms with van der Waals surface area (Å²) in [6, 6.07) is 0.707. The highest BCUT2D eigenvalue weighted by atomic mass is 15.4. The van der Waals surface area contributed by atoms with E-state index >= 15 is 0 Å². The van der Waals surface area contributed by atoms with Gasteiger partial charge in [-0.15, -0.1) is 0 Å². The summed E-state index contributed by atoms with van der Waals surface area (Å²) in [5, 5.41) is 4.47. The van der Waals surface area contributed by atoms with Crippen LogP contribution in [0.25, 0.3) is 0 Å². The van der Waals surface area contributed by atoms with Gasteiger partial charge in [-0.3, -0.25) is 9.58 Å². The fourth-order valence-electron chi connectivity index (χ4n) is 3.09. The number of fused-ring (bicyclic) bond motifs is 1. The molecule has 1 aromatic heterocycles. The average Bonchev–Trinajstić information content (AvgIpc) is 2.68. The Balaban J connectivity index is 1.75. The topological polar surface area (TPSA) is 50.3 Å². The number of aromatic nitrogens is 2. The van der Waals surface area contributed by atoms with Crippen molar-refractivity contribution in [2.24, 2.45) is 7.05 Å². The molecule has 0 amide bonds. The third kappa shape index (κ3) is 1.99. The van der Waals surface area contributed by atoms with Crippen LogP contribution >= 0.6 is 0 Å². The van der Waals surface area contributed by atoms with E-state index in [1.165, 1.54) is 25.8 Å². The Labute approximate surface area is 102 Å². The van der Waals surface area contributed by atoms with Crippen molar-refractivity contribution in [2.75, 3.05) is 36.8 Å². The molecule has 0 saturated carbocycles. The second-order valence-electron chi connectivity index (χ2n) is 5.21. The molecule has 2 aliphatic heterocycles. The van der Waals surface area contributed by atoms with Gasteiger partial charge < -0.3 is 10.6 Å². The van der Waals surface area contributed by atoms with Gasteiger partial charge in [0, 0.05) is 38.9 Å². The Morgan fingerprint density at radius 3 is 2.94 bits per heavy atom. The van der Waals surface area contributed by atoms with E-state index < -0.39 is 0 Å². The van der Waals surface area contributed by atoms with E-state index in [-0.39, 0.29) is 0 Å². The number of nitrogens with zero attached hydrogens (tertiary/aromatic N) is 4. The van der Waals surface area contributed by atoms with Crippen LogP contribution in [0.15, 0.2) is 6.20 Å². The number of aryl methyl sites for hydroxylation is 1. The molecule has 0 bridgehead atoms. The Bertz CT molecular complexity index is 400. The monoisotopic (exact) mass is 235 g/mol. The smallest absolute Gasteiger partial charge is 0.173 e. The van der Waals surface area contributed by atoms with Crippen LogP contribution in [-0.4, -0.2) is 46.9 Å². The molecule has 2 saturated heterocycles. The zero-order valence-electron chi connectivity index (χ0n) is 10.5. The molecular formula is C12H21N5. The van der Waals surface area contributed by atoms with Crippen molar-refractivity contribution in [3.8, 4) is 0 Å². The minimum atomic E-state index is 0.707. The summed E-state index contributed by atoms with van der Waals surface area (Å²) in [6.45, 7) is 4.57. The van der Waals surface area contributed by atoms with Crippen molar-refractivity contribution in [2.45, 2.75) is 25.3 Å². The molecule has 1 unspecified atom stereocenters. The first-order chi connectivity index (χ1) is 8.24. The van der Waals surface area contributed by atoms with E-state index in [2.05, 4.69) is 14.9 Å². The molecule has 2 fully saturated rings. The second kappa shape index (κ2) is 4.22. The van der Waals surface area contributed by atoms with Gasteiger partial charge in [0.15, 0.2) is 5.82 Å². The Kier molecular flexibility index (Phi) is 2.70. The first-order valence-corrected chi connectivity index (χ1v) is 6.52. The zero-order valence-corrected chi connectivity index (χ0v) is 10.5. The molecule has 0 radical (unpaired) electrons. The van der Waals surface area contributed by atoms with Gasteiger partial charge in [0.25, 0.3) is 0 Å². The van der Waals surface area contributed by atoms with Crippen molar-refractivity contribution in [3.05, 3.63) is 6.20 Å². The molecule has 2 aliphatic rings. The van der Waals surface area contributed by atoms with Crippen molar-refractivity contribution in [1.82, 2.24) is 14.7 Å². The molecule has 3 rings (SSSR count). The maximum Gasteiger partial charge on any atom is 0.173 e. The van der Waals surface area contributed by atoms with E-state index in [1.54, 1.807) is 4.68 Å². The lowest BCUT2D eigenvalue weighted by molar-refractivity contribution is 0.133. The number of hydrogen-bond donors (Lipinski definition) is 1.